The van der Waals surface area contributed by atoms with Crippen LogP contribution in [0.2, 0.25) is 0 Å². The van der Waals surface area contributed by atoms with Gasteiger partial charge in [0, 0.05) is 18.7 Å². The summed E-state index contributed by atoms with van der Waals surface area (Å²) >= 11 is 1.56. The van der Waals surface area contributed by atoms with E-state index in [-0.39, 0.29) is 18.4 Å². The van der Waals surface area contributed by atoms with Crippen molar-refractivity contribution in [3.63, 3.8) is 0 Å². The number of hydrogen-bond donors (Lipinski definition) is 2. The van der Waals surface area contributed by atoms with Gasteiger partial charge in [-0.15, -0.1) is 11.8 Å². The molecule has 0 radical (unpaired) electrons. The number of nitrogens with one attached hydrogen (secondary N) is 2. The number of ether oxygens (including phenoxy) is 1. The number of carbonyl (C=O) groups excluding carboxylic acids is 4. The molecule has 2 N–H and O–H groups in total. The number of thioether (sulfide) groups is 1. The van der Waals surface area contributed by atoms with Crippen LogP contribution in [0.5, 0.6) is 0 Å². The molecule has 2 saturated heterocycles. The molecule has 2 aliphatic rings. The lowest BCUT2D eigenvalue weighted by Gasteiger charge is -2.33. The zero-order valence-electron chi connectivity index (χ0n) is 16.3. The van der Waals surface area contributed by atoms with E-state index < -0.39 is 29.4 Å². The number of benzene rings is 1. The van der Waals surface area contributed by atoms with E-state index in [0.717, 1.165) is 12.0 Å². The van der Waals surface area contributed by atoms with Crippen LogP contribution in [-0.2, 0) is 28.8 Å². The third kappa shape index (κ3) is 4.55. The minimum absolute atomic E-state index is 0.0853. The first kappa shape index (κ1) is 21.2. The summed E-state index contributed by atoms with van der Waals surface area (Å²) in [6, 6.07) is 8.94. The van der Waals surface area contributed by atoms with Gasteiger partial charge in [-0.3, -0.25) is 14.4 Å². The standard InChI is InChI=1S/C20H25N3O5S/c1-2-10-21-16(24)11-22-17(25)12-28-19(27)15-13-29-20(9-8-18(26)23(15)20)14-6-4-3-5-7-14/h3-7,15H,2,8-13H2,1H3,(H,21,24)(H,22,25)/t15-,20-/m1/s1. The van der Waals surface area contributed by atoms with Crippen LogP contribution in [0.15, 0.2) is 30.3 Å². The van der Waals surface area contributed by atoms with Crippen LogP contribution in [0, 0.1) is 0 Å². The minimum Gasteiger partial charge on any atom is -0.454 e. The summed E-state index contributed by atoms with van der Waals surface area (Å²) in [5.41, 5.74) is 0.988. The molecule has 29 heavy (non-hydrogen) atoms. The van der Waals surface area contributed by atoms with Gasteiger partial charge in [0.15, 0.2) is 6.61 Å². The van der Waals surface area contributed by atoms with E-state index in [4.69, 9.17) is 4.74 Å². The van der Waals surface area contributed by atoms with Crippen LogP contribution in [0.4, 0.5) is 0 Å². The van der Waals surface area contributed by atoms with Crippen molar-refractivity contribution in [1.82, 2.24) is 15.5 Å². The molecule has 0 unspecified atom stereocenters. The van der Waals surface area contributed by atoms with Gasteiger partial charge in [0.05, 0.1) is 6.54 Å². The summed E-state index contributed by atoms with van der Waals surface area (Å²) < 4.78 is 5.15. The molecular formula is C20H25N3O5S. The van der Waals surface area contributed by atoms with E-state index in [1.165, 1.54) is 0 Å². The molecule has 2 aliphatic heterocycles. The molecule has 3 amide bonds. The van der Waals surface area contributed by atoms with Crippen molar-refractivity contribution in [2.45, 2.75) is 37.1 Å². The SMILES string of the molecule is CCCNC(=O)CNC(=O)COC(=O)[C@H]1CS[C@@]2(c3ccccc3)CCC(=O)N12. The van der Waals surface area contributed by atoms with Crippen molar-refractivity contribution in [3.8, 4) is 0 Å². The molecule has 0 aliphatic carbocycles. The van der Waals surface area contributed by atoms with Crippen LogP contribution in [-0.4, -0.2) is 60.1 Å². The van der Waals surface area contributed by atoms with Crippen LogP contribution < -0.4 is 10.6 Å². The van der Waals surface area contributed by atoms with Crippen LogP contribution in [0.3, 0.4) is 0 Å². The van der Waals surface area contributed by atoms with Crippen molar-refractivity contribution in [2.75, 3.05) is 25.4 Å². The number of esters is 1. The lowest BCUT2D eigenvalue weighted by Crippen LogP contribution is -2.47. The average molecular weight is 420 g/mol. The molecular weight excluding hydrogens is 394 g/mol. The smallest absolute Gasteiger partial charge is 0.330 e. The number of amides is 3. The number of nitrogens with zero attached hydrogens (tertiary/aromatic N) is 1. The highest BCUT2D eigenvalue weighted by Crippen LogP contribution is 2.54. The third-order valence-corrected chi connectivity index (χ3v) is 6.58. The Morgan fingerprint density at radius 1 is 1.21 bits per heavy atom. The maximum absolute atomic E-state index is 12.6. The van der Waals surface area contributed by atoms with Gasteiger partial charge in [-0.2, -0.15) is 0 Å². The fraction of sp³-hybridized carbons (Fsp3) is 0.500. The molecule has 156 valence electrons. The predicted molar refractivity (Wildman–Crippen MR) is 108 cm³/mol. The van der Waals surface area contributed by atoms with Crippen molar-refractivity contribution in [1.29, 1.82) is 0 Å². The molecule has 2 fully saturated rings. The largest absolute Gasteiger partial charge is 0.454 e. The number of fused-ring (bicyclic) bond motifs is 1. The second-order valence-corrected chi connectivity index (χ2v) is 8.27. The quantitative estimate of drug-likeness (QED) is 0.603. The van der Waals surface area contributed by atoms with Crippen molar-refractivity contribution in [3.05, 3.63) is 35.9 Å². The van der Waals surface area contributed by atoms with Crippen molar-refractivity contribution >= 4 is 35.5 Å². The summed E-state index contributed by atoms with van der Waals surface area (Å²) in [6.07, 6.45) is 1.81. The molecule has 0 saturated carbocycles. The average Bonchev–Trinajstić information content (AvgIpc) is 3.29. The Kier molecular flexibility index (Phi) is 6.79. The number of hydrogen-bond acceptors (Lipinski definition) is 6. The Hall–Kier alpha value is -2.55. The monoisotopic (exact) mass is 419 g/mol. The summed E-state index contributed by atoms with van der Waals surface area (Å²) in [4.78, 5) is 49.6. The van der Waals surface area contributed by atoms with Gasteiger partial charge in [0.2, 0.25) is 11.8 Å². The maximum Gasteiger partial charge on any atom is 0.330 e. The molecule has 0 bridgehead atoms. The number of carbonyl (C=O) groups is 4. The predicted octanol–water partition coefficient (Wildman–Crippen LogP) is 0.763. The molecule has 1 aromatic rings. The van der Waals surface area contributed by atoms with Gasteiger partial charge >= 0.3 is 5.97 Å². The molecule has 1 aromatic carbocycles. The lowest BCUT2D eigenvalue weighted by atomic mass is 10.0. The van der Waals surface area contributed by atoms with E-state index in [0.29, 0.717) is 25.1 Å². The summed E-state index contributed by atoms with van der Waals surface area (Å²) in [5.74, 6) is -1.12. The minimum atomic E-state index is -0.726. The highest BCUT2D eigenvalue weighted by atomic mass is 32.2. The van der Waals surface area contributed by atoms with Crippen LogP contribution in [0.1, 0.15) is 31.7 Å². The Balaban J connectivity index is 1.56. The van der Waals surface area contributed by atoms with Gasteiger partial charge < -0.3 is 20.3 Å². The van der Waals surface area contributed by atoms with Crippen molar-refractivity contribution < 1.29 is 23.9 Å². The van der Waals surface area contributed by atoms with E-state index in [2.05, 4.69) is 10.6 Å². The van der Waals surface area contributed by atoms with Crippen LogP contribution in [0.25, 0.3) is 0 Å². The zero-order chi connectivity index (χ0) is 20.9. The molecule has 2 atom stereocenters. The first-order valence-electron chi connectivity index (χ1n) is 9.69. The Labute approximate surface area is 173 Å². The molecule has 0 aromatic heterocycles. The normalized spacial score (nSPS) is 22.9. The third-order valence-electron chi connectivity index (χ3n) is 4.99. The molecule has 9 heteroatoms. The Bertz CT molecular complexity index is 788. The molecule has 8 nitrogen and oxygen atoms in total. The van der Waals surface area contributed by atoms with E-state index in [1.807, 2.05) is 37.3 Å². The Morgan fingerprint density at radius 3 is 2.69 bits per heavy atom. The number of rotatable bonds is 8. The topological polar surface area (TPSA) is 105 Å². The van der Waals surface area contributed by atoms with Crippen molar-refractivity contribution in [2.24, 2.45) is 0 Å². The zero-order valence-corrected chi connectivity index (χ0v) is 17.1. The van der Waals surface area contributed by atoms with Gasteiger partial charge in [-0.1, -0.05) is 37.3 Å². The molecule has 2 heterocycles. The highest BCUT2D eigenvalue weighted by Gasteiger charge is 2.57. The fourth-order valence-electron chi connectivity index (χ4n) is 3.61. The first-order chi connectivity index (χ1) is 14.0. The maximum atomic E-state index is 12.6. The Morgan fingerprint density at radius 2 is 1.97 bits per heavy atom. The highest BCUT2D eigenvalue weighted by molar-refractivity contribution is 8.00. The van der Waals surface area contributed by atoms with Crippen LogP contribution >= 0.6 is 11.8 Å². The van der Waals surface area contributed by atoms with Gasteiger partial charge in [-0.05, 0) is 18.4 Å². The van der Waals surface area contributed by atoms with E-state index in [9.17, 15) is 19.2 Å². The van der Waals surface area contributed by atoms with E-state index >= 15 is 0 Å². The van der Waals surface area contributed by atoms with E-state index in [1.54, 1.807) is 16.7 Å². The van der Waals surface area contributed by atoms with Gasteiger partial charge in [-0.25, -0.2) is 4.79 Å². The summed E-state index contributed by atoms with van der Waals surface area (Å²) in [5, 5.41) is 5.05. The molecule has 0 spiro atoms. The second kappa shape index (κ2) is 9.30. The second-order valence-electron chi connectivity index (χ2n) is 6.98. The van der Waals surface area contributed by atoms with Gasteiger partial charge in [0.1, 0.15) is 10.9 Å². The first-order valence-corrected chi connectivity index (χ1v) is 10.7. The van der Waals surface area contributed by atoms with Gasteiger partial charge in [0.25, 0.3) is 5.91 Å². The summed E-state index contributed by atoms with van der Waals surface area (Å²) in [7, 11) is 0. The molecule has 3 rings (SSSR count). The summed E-state index contributed by atoms with van der Waals surface area (Å²) in [6.45, 7) is 1.81. The fourth-order valence-corrected chi connectivity index (χ4v) is 5.24. The lowest BCUT2D eigenvalue weighted by molar-refractivity contribution is -0.156.